The van der Waals surface area contributed by atoms with Gasteiger partial charge >= 0.3 is 0 Å². The molecule has 0 saturated heterocycles. The molecule has 33 heavy (non-hydrogen) atoms. The van der Waals surface area contributed by atoms with Crippen molar-refractivity contribution in [3.8, 4) is 0 Å². The number of methoxy groups -OCH3 is 1. The van der Waals surface area contributed by atoms with E-state index in [0.29, 0.717) is 47.6 Å². The number of hydrogen-bond acceptors (Lipinski definition) is 8. The first-order valence-electron chi connectivity index (χ1n) is 11.1. The number of nitrogens with zero attached hydrogens (tertiary/aromatic N) is 6. The van der Waals surface area contributed by atoms with E-state index in [4.69, 9.17) is 10.5 Å². The van der Waals surface area contributed by atoms with Crippen LogP contribution in [-0.4, -0.2) is 80.5 Å². The lowest BCUT2D eigenvalue weighted by atomic mass is 10.1. The van der Waals surface area contributed by atoms with Gasteiger partial charge in [0.2, 0.25) is 0 Å². The number of amides is 2. The zero-order chi connectivity index (χ0) is 23.4. The number of ether oxygens (including phenoxy) is 1. The zero-order valence-corrected chi connectivity index (χ0v) is 19.0. The van der Waals surface area contributed by atoms with Gasteiger partial charge in [0.1, 0.15) is 11.8 Å². The fourth-order valence-electron chi connectivity index (χ4n) is 4.19. The number of rotatable bonds is 11. The van der Waals surface area contributed by atoms with Crippen molar-refractivity contribution < 1.29 is 14.3 Å². The summed E-state index contributed by atoms with van der Waals surface area (Å²) in [5.74, 6) is -0.0342. The van der Waals surface area contributed by atoms with E-state index in [-0.39, 0.29) is 17.9 Å². The van der Waals surface area contributed by atoms with Crippen molar-refractivity contribution in [2.45, 2.75) is 32.4 Å². The molecular weight excluding hydrogens is 422 g/mol. The van der Waals surface area contributed by atoms with Gasteiger partial charge in [-0.3, -0.25) is 14.5 Å². The maximum Gasteiger partial charge on any atom is 0.261 e. The van der Waals surface area contributed by atoms with Crippen molar-refractivity contribution in [3.63, 3.8) is 0 Å². The minimum absolute atomic E-state index is 0.0147. The Morgan fingerprint density at radius 1 is 1.09 bits per heavy atom. The lowest BCUT2D eigenvalue weighted by molar-refractivity contribution is 0.0531. The van der Waals surface area contributed by atoms with Crippen LogP contribution in [0.25, 0.3) is 11.2 Å². The second kappa shape index (κ2) is 10.1. The number of aromatic nitrogens is 4. The van der Waals surface area contributed by atoms with Crippen molar-refractivity contribution in [3.05, 3.63) is 48.0 Å². The van der Waals surface area contributed by atoms with Gasteiger partial charge in [-0.05, 0) is 38.1 Å². The standard InChI is InChI=1S/C23H29N7O3/c1-3-28(10-6-11-30-22(31)17-7-4-5-8-18(17)23(30)32)13-16(33-2)9-12-29-15-27-19-20(24)25-14-26-21(19)29/h4-5,7-8,14-16H,3,6,9-13H2,1-2H3,(H2,24,25,26). The Hall–Kier alpha value is -3.37. The average Bonchev–Trinajstić information content (AvgIpc) is 3.36. The van der Waals surface area contributed by atoms with Gasteiger partial charge in [0.05, 0.1) is 23.6 Å². The molecule has 3 heterocycles. The molecule has 1 atom stereocenters. The molecule has 10 heteroatoms. The van der Waals surface area contributed by atoms with E-state index in [2.05, 4.69) is 26.8 Å². The summed E-state index contributed by atoms with van der Waals surface area (Å²) in [5.41, 5.74) is 8.17. The SMILES string of the molecule is CCN(CCCN1C(=O)c2ccccc2C1=O)CC(CCn1cnc2c(N)ncnc21)OC. The van der Waals surface area contributed by atoms with E-state index >= 15 is 0 Å². The summed E-state index contributed by atoms with van der Waals surface area (Å²) in [4.78, 5) is 41.3. The molecule has 0 saturated carbocycles. The summed E-state index contributed by atoms with van der Waals surface area (Å²) in [7, 11) is 1.71. The molecule has 3 aromatic rings. The van der Waals surface area contributed by atoms with Gasteiger partial charge in [-0.1, -0.05) is 19.1 Å². The summed E-state index contributed by atoms with van der Waals surface area (Å²) in [6, 6.07) is 6.99. The second-order valence-electron chi connectivity index (χ2n) is 8.07. The molecule has 4 rings (SSSR count). The Morgan fingerprint density at radius 3 is 2.48 bits per heavy atom. The van der Waals surface area contributed by atoms with E-state index in [1.807, 2.05) is 4.57 Å². The van der Waals surface area contributed by atoms with Crippen molar-refractivity contribution in [1.29, 1.82) is 0 Å². The van der Waals surface area contributed by atoms with Crippen LogP contribution >= 0.6 is 0 Å². The van der Waals surface area contributed by atoms with Crippen LogP contribution < -0.4 is 5.73 Å². The van der Waals surface area contributed by atoms with Crippen LogP contribution in [0.3, 0.4) is 0 Å². The number of likely N-dealkylation sites (N-methyl/N-ethyl adjacent to an activating group) is 1. The van der Waals surface area contributed by atoms with Crippen molar-refractivity contribution >= 4 is 28.8 Å². The lowest BCUT2D eigenvalue weighted by Gasteiger charge is -2.26. The molecule has 0 radical (unpaired) electrons. The molecule has 0 aliphatic carbocycles. The zero-order valence-electron chi connectivity index (χ0n) is 19.0. The van der Waals surface area contributed by atoms with Crippen LogP contribution in [0.2, 0.25) is 0 Å². The van der Waals surface area contributed by atoms with Gasteiger partial charge in [-0.15, -0.1) is 0 Å². The van der Waals surface area contributed by atoms with E-state index in [9.17, 15) is 9.59 Å². The third kappa shape index (κ3) is 4.71. The number of imidazole rings is 1. The van der Waals surface area contributed by atoms with E-state index < -0.39 is 0 Å². The van der Waals surface area contributed by atoms with Crippen LogP contribution in [0, 0.1) is 0 Å². The third-order valence-electron chi connectivity index (χ3n) is 6.10. The van der Waals surface area contributed by atoms with E-state index in [0.717, 1.165) is 26.1 Å². The number of nitrogen functional groups attached to an aromatic ring is 1. The highest BCUT2D eigenvalue weighted by atomic mass is 16.5. The molecule has 1 aromatic carbocycles. The van der Waals surface area contributed by atoms with Gasteiger partial charge in [-0.25, -0.2) is 15.0 Å². The molecule has 1 aliphatic heterocycles. The average molecular weight is 452 g/mol. The lowest BCUT2D eigenvalue weighted by Crippen LogP contribution is -2.37. The Bertz CT molecular complexity index is 1110. The molecule has 174 valence electrons. The largest absolute Gasteiger partial charge is 0.382 e. The number of carbonyl (C=O) groups excluding carboxylic acids is 2. The maximum absolute atomic E-state index is 12.5. The molecular formula is C23H29N7O3. The normalized spacial score (nSPS) is 14.5. The number of anilines is 1. The van der Waals surface area contributed by atoms with Crippen LogP contribution in [0.5, 0.6) is 0 Å². The fourth-order valence-corrected chi connectivity index (χ4v) is 4.19. The van der Waals surface area contributed by atoms with Crippen molar-refractivity contribution in [1.82, 2.24) is 29.3 Å². The number of carbonyl (C=O) groups is 2. The highest BCUT2D eigenvalue weighted by molar-refractivity contribution is 6.21. The first-order valence-corrected chi connectivity index (χ1v) is 11.1. The molecule has 10 nitrogen and oxygen atoms in total. The van der Waals surface area contributed by atoms with Gasteiger partial charge in [0.15, 0.2) is 11.5 Å². The smallest absolute Gasteiger partial charge is 0.261 e. The molecule has 0 fully saturated rings. The summed E-state index contributed by atoms with van der Waals surface area (Å²) in [6.45, 7) is 5.55. The topological polar surface area (TPSA) is 119 Å². The Morgan fingerprint density at radius 2 is 1.82 bits per heavy atom. The molecule has 0 bridgehead atoms. The quantitative estimate of drug-likeness (QED) is 0.439. The predicted molar refractivity (Wildman–Crippen MR) is 124 cm³/mol. The Labute approximate surface area is 192 Å². The highest BCUT2D eigenvalue weighted by Crippen LogP contribution is 2.22. The summed E-state index contributed by atoms with van der Waals surface area (Å²) in [6.07, 6.45) is 4.67. The van der Waals surface area contributed by atoms with Crippen molar-refractivity contribution in [2.24, 2.45) is 0 Å². The van der Waals surface area contributed by atoms with E-state index in [1.54, 1.807) is 37.7 Å². The number of nitrogens with two attached hydrogens (primary N) is 1. The van der Waals surface area contributed by atoms with E-state index in [1.165, 1.54) is 11.2 Å². The highest BCUT2D eigenvalue weighted by Gasteiger charge is 2.34. The number of imide groups is 1. The first kappa shape index (κ1) is 22.8. The maximum atomic E-state index is 12.5. The van der Waals surface area contributed by atoms with Crippen LogP contribution in [0.4, 0.5) is 5.82 Å². The predicted octanol–water partition coefficient (Wildman–Crippen LogP) is 1.82. The van der Waals surface area contributed by atoms with Crippen LogP contribution in [0.15, 0.2) is 36.9 Å². The number of fused-ring (bicyclic) bond motifs is 2. The van der Waals surface area contributed by atoms with Gasteiger partial charge < -0.3 is 19.9 Å². The monoisotopic (exact) mass is 451 g/mol. The number of aryl methyl sites for hydroxylation is 1. The van der Waals surface area contributed by atoms with Gasteiger partial charge in [0.25, 0.3) is 11.8 Å². The first-order chi connectivity index (χ1) is 16.0. The van der Waals surface area contributed by atoms with Gasteiger partial charge in [0, 0.05) is 26.7 Å². The summed E-state index contributed by atoms with van der Waals surface area (Å²) >= 11 is 0. The molecule has 0 spiro atoms. The molecule has 2 N–H and O–H groups in total. The van der Waals surface area contributed by atoms with Crippen LogP contribution in [0.1, 0.15) is 40.5 Å². The minimum atomic E-state index is -0.203. The Kier molecular flexibility index (Phi) is 6.95. The number of hydrogen-bond donors (Lipinski definition) is 1. The second-order valence-corrected chi connectivity index (χ2v) is 8.07. The molecule has 2 amide bonds. The van der Waals surface area contributed by atoms with Gasteiger partial charge in [-0.2, -0.15) is 0 Å². The molecule has 1 unspecified atom stereocenters. The number of benzene rings is 1. The van der Waals surface area contributed by atoms with Crippen molar-refractivity contribution in [2.75, 3.05) is 39.0 Å². The Balaban J connectivity index is 1.28. The molecule has 2 aromatic heterocycles. The van der Waals surface area contributed by atoms with Crippen LogP contribution in [-0.2, 0) is 11.3 Å². The summed E-state index contributed by atoms with van der Waals surface area (Å²) < 4.78 is 7.68. The molecule has 1 aliphatic rings. The fraction of sp³-hybridized carbons (Fsp3) is 0.435. The third-order valence-corrected chi connectivity index (χ3v) is 6.10. The summed E-state index contributed by atoms with van der Waals surface area (Å²) in [5, 5.41) is 0. The minimum Gasteiger partial charge on any atom is -0.382 e.